The monoisotopic (exact) mass is 629 g/mol. The van der Waals surface area contributed by atoms with E-state index in [-0.39, 0.29) is 0 Å². The molecule has 6 aromatic carbocycles. The number of furan rings is 1. The molecule has 0 unspecified atom stereocenters. The lowest BCUT2D eigenvalue weighted by atomic mass is 9.92. The van der Waals surface area contributed by atoms with E-state index in [1.165, 1.54) is 11.1 Å². The third-order valence-electron chi connectivity index (χ3n) is 9.20. The molecule has 2 heterocycles. The van der Waals surface area contributed by atoms with Crippen LogP contribution in [-0.2, 0) is 0 Å². The molecule has 0 saturated heterocycles. The van der Waals surface area contributed by atoms with Gasteiger partial charge in [-0.2, -0.15) is 0 Å². The first-order chi connectivity index (χ1) is 24.3. The predicted octanol–water partition coefficient (Wildman–Crippen LogP) is 11.8. The zero-order chi connectivity index (χ0) is 32.6. The van der Waals surface area contributed by atoms with Crippen LogP contribution in [0.2, 0.25) is 0 Å². The number of aromatic nitrogens is 3. The summed E-state index contributed by atoms with van der Waals surface area (Å²) in [5, 5.41) is 2.03. The maximum Gasteiger partial charge on any atom is 0.164 e. The van der Waals surface area contributed by atoms with Crippen molar-refractivity contribution in [3.8, 4) is 56.4 Å². The number of nitrogens with zero attached hydrogens (tertiary/aromatic N) is 3. The Kier molecular flexibility index (Phi) is 7.25. The second-order valence-electron chi connectivity index (χ2n) is 12.3. The average molecular weight is 630 g/mol. The van der Waals surface area contributed by atoms with Gasteiger partial charge in [0.2, 0.25) is 0 Å². The summed E-state index contributed by atoms with van der Waals surface area (Å²) >= 11 is 0. The van der Waals surface area contributed by atoms with Crippen LogP contribution in [0.25, 0.3) is 83.9 Å². The largest absolute Gasteiger partial charge is 0.456 e. The highest BCUT2D eigenvalue weighted by Crippen LogP contribution is 2.38. The summed E-state index contributed by atoms with van der Waals surface area (Å²) in [4.78, 5) is 15.4. The molecule has 49 heavy (non-hydrogen) atoms. The van der Waals surface area contributed by atoms with Gasteiger partial charge in [-0.15, -0.1) is 0 Å². The fourth-order valence-electron chi connectivity index (χ4n) is 6.76. The Bertz CT molecular complexity index is 2530. The first-order valence-electron chi connectivity index (χ1n) is 16.7. The molecule has 4 nitrogen and oxygen atoms in total. The summed E-state index contributed by atoms with van der Waals surface area (Å²) in [6, 6.07) is 50.3. The van der Waals surface area contributed by atoms with Crippen molar-refractivity contribution in [2.75, 3.05) is 0 Å². The van der Waals surface area contributed by atoms with Crippen LogP contribution in [0.1, 0.15) is 18.4 Å². The van der Waals surface area contributed by atoms with Crippen molar-refractivity contribution in [1.29, 1.82) is 0 Å². The topological polar surface area (TPSA) is 51.8 Å². The Labute approximate surface area is 284 Å². The highest BCUT2D eigenvalue weighted by Gasteiger charge is 2.19. The van der Waals surface area contributed by atoms with Crippen LogP contribution in [0.3, 0.4) is 0 Å². The molecule has 4 heteroatoms. The SMILES string of the molecule is C1=CC(c2ccc(-c3nc(-c4ccc(-c5ccccc5)c(-c5ccccc5)c4)nc(-c4cccc5oc6ccccc6c45)n3)cc2)=CCC1. The molecular weight excluding hydrogens is 599 g/mol. The van der Waals surface area contributed by atoms with E-state index in [2.05, 4.69) is 121 Å². The van der Waals surface area contributed by atoms with E-state index in [0.717, 1.165) is 73.7 Å². The van der Waals surface area contributed by atoms with Crippen LogP contribution < -0.4 is 0 Å². The zero-order valence-corrected chi connectivity index (χ0v) is 26.8. The van der Waals surface area contributed by atoms with E-state index < -0.39 is 0 Å². The van der Waals surface area contributed by atoms with Crippen molar-refractivity contribution >= 4 is 27.5 Å². The first kappa shape index (κ1) is 28.8. The first-order valence-corrected chi connectivity index (χ1v) is 16.7. The van der Waals surface area contributed by atoms with Gasteiger partial charge in [-0.1, -0.05) is 146 Å². The number of para-hydroxylation sites is 1. The van der Waals surface area contributed by atoms with Crippen molar-refractivity contribution < 1.29 is 4.42 Å². The van der Waals surface area contributed by atoms with Crippen molar-refractivity contribution in [3.05, 3.63) is 169 Å². The molecule has 0 aliphatic heterocycles. The summed E-state index contributed by atoms with van der Waals surface area (Å²) in [6.45, 7) is 0. The van der Waals surface area contributed by atoms with Crippen molar-refractivity contribution in [2.24, 2.45) is 0 Å². The Morgan fingerprint density at radius 2 is 1.06 bits per heavy atom. The molecule has 0 bridgehead atoms. The van der Waals surface area contributed by atoms with Crippen LogP contribution in [0.5, 0.6) is 0 Å². The van der Waals surface area contributed by atoms with Crippen LogP contribution >= 0.6 is 0 Å². The summed E-state index contributed by atoms with van der Waals surface area (Å²) in [7, 11) is 0. The van der Waals surface area contributed by atoms with Gasteiger partial charge in [0, 0.05) is 27.5 Å². The van der Waals surface area contributed by atoms with Gasteiger partial charge in [0.05, 0.1) is 0 Å². The number of rotatable bonds is 6. The fourth-order valence-corrected chi connectivity index (χ4v) is 6.76. The van der Waals surface area contributed by atoms with Gasteiger partial charge >= 0.3 is 0 Å². The molecule has 0 saturated carbocycles. The molecule has 0 N–H and O–H groups in total. The van der Waals surface area contributed by atoms with Gasteiger partial charge in [-0.25, -0.2) is 15.0 Å². The zero-order valence-electron chi connectivity index (χ0n) is 26.8. The molecular formula is C45H31N3O. The third-order valence-corrected chi connectivity index (χ3v) is 9.20. The predicted molar refractivity (Wildman–Crippen MR) is 201 cm³/mol. The summed E-state index contributed by atoms with van der Waals surface area (Å²) < 4.78 is 6.25. The Morgan fingerprint density at radius 3 is 1.82 bits per heavy atom. The van der Waals surface area contributed by atoms with Gasteiger partial charge in [-0.05, 0) is 64.4 Å². The van der Waals surface area contributed by atoms with Crippen LogP contribution in [0.15, 0.2) is 168 Å². The number of fused-ring (bicyclic) bond motifs is 3. The Morgan fingerprint density at radius 1 is 0.429 bits per heavy atom. The minimum absolute atomic E-state index is 0.604. The highest BCUT2D eigenvalue weighted by molar-refractivity contribution is 6.11. The molecule has 1 aliphatic carbocycles. The number of allylic oxidation sites excluding steroid dienone is 4. The van der Waals surface area contributed by atoms with Crippen molar-refractivity contribution in [1.82, 2.24) is 15.0 Å². The molecule has 0 amide bonds. The average Bonchev–Trinajstić information content (AvgIpc) is 3.58. The fraction of sp³-hybridized carbons (Fsp3) is 0.0444. The molecule has 2 aromatic heterocycles. The summed E-state index contributed by atoms with van der Waals surface area (Å²) in [5.41, 5.74) is 11.4. The maximum absolute atomic E-state index is 6.25. The Balaban J connectivity index is 1.25. The van der Waals surface area contributed by atoms with E-state index in [0.29, 0.717) is 17.5 Å². The minimum Gasteiger partial charge on any atom is -0.456 e. The Hall–Kier alpha value is -6.39. The number of hydrogen-bond acceptors (Lipinski definition) is 4. The quantitative estimate of drug-likeness (QED) is 0.184. The number of hydrogen-bond donors (Lipinski definition) is 0. The lowest BCUT2D eigenvalue weighted by Crippen LogP contribution is -2.01. The second kappa shape index (κ2) is 12.3. The molecule has 1 aliphatic rings. The van der Waals surface area contributed by atoms with E-state index in [1.807, 2.05) is 42.5 Å². The molecule has 9 rings (SSSR count). The molecule has 0 radical (unpaired) electrons. The van der Waals surface area contributed by atoms with Crippen LogP contribution in [0, 0.1) is 0 Å². The van der Waals surface area contributed by atoms with Crippen LogP contribution in [0.4, 0.5) is 0 Å². The van der Waals surface area contributed by atoms with Gasteiger partial charge in [0.15, 0.2) is 17.5 Å². The molecule has 232 valence electrons. The lowest BCUT2D eigenvalue weighted by Gasteiger charge is -2.14. The summed E-state index contributed by atoms with van der Waals surface area (Å²) in [5.74, 6) is 1.84. The van der Waals surface area contributed by atoms with E-state index >= 15 is 0 Å². The van der Waals surface area contributed by atoms with Crippen molar-refractivity contribution in [2.45, 2.75) is 12.8 Å². The second-order valence-corrected chi connectivity index (χ2v) is 12.3. The van der Waals surface area contributed by atoms with Gasteiger partial charge in [-0.3, -0.25) is 0 Å². The third kappa shape index (κ3) is 5.43. The van der Waals surface area contributed by atoms with Crippen LogP contribution in [-0.4, -0.2) is 15.0 Å². The molecule has 8 aromatic rings. The smallest absolute Gasteiger partial charge is 0.164 e. The maximum atomic E-state index is 6.25. The minimum atomic E-state index is 0.604. The molecule has 0 fully saturated rings. The van der Waals surface area contributed by atoms with Gasteiger partial charge in [0.1, 0.15) is 11.2 Å². The lowest BCUT2D eigenvalue weighted by molar-refractivity contribution is 0.669. The van der Waals surface area contributed by atoms with E-state index in [9.17, 15) is 0 Å². The highest BCUT2D eigenvalue weighted by atomic mass is 16.3. The van der Waals surface area contributed by atoms with Crippen molar-refractivity contribution in [3.63, 3.8) is 0 Å². The van der Waals surface area contributed by atoms with E-state index in [1.54, 1.807) is 0 Å². The molecule has 0 atom stereocenters. The van der Waals surface area contributed by atoms with Gasteiger partial charge in [0.25, 0.3) is 0 Å². The normalized spacial score (nSPS) is 12.8. The number of benzene rings is 6. The molecule has 0 spiro atoms. The standard InChI is InChI=1S/C45H31N3O/c1-4-13-30(14-5-1)31-23-25-34(26-24-31)43-46-44(48-45(47-43)38-20-12-22-41-42(38)37-19-10-11-21-40(37)49-41)35-27-28-36(32-15-6-2-7-16-32)39(29-35)33-17-8-3-9-18-33/h2-4,6-29H,1,5H2. The summed E-state index contributed by atoms with van der Waals surface area (Å²) in [6.07, 6.45) is 8.90. The van der Waals surface area contributed by atoms with Gasteiger partial charge < -0.3 is 4.42 Å². The van der Waals surface area contributed by atoms with E-state index in [4.69, 9.17) is 19.4 Å².